The van der Waals surface area contributed by atoms with Gasteiger partial charge in [0.2, 0.25) is 0 Å². The summed E-state index contributed by atoms with van der Waals surface area (Å²) in [5, 5.41) is 5.65. The van der Waals surface area contributed by atoms with Crippen molar-refractivity contribution in [2.24, 2.45) is 35.5 Å². The van der Waals surface area contributed by atoms with Crippen molar-refractivity contribution in [3.8, 4) is 0 Å². The number of sulfone groups is 2. The fourth-order valence-electron chi connectivity index (χ4n) is 11.5. The molecule has 2 atom stereocenters. The van der Waals surface area contributed by atoms with E-state index in [1.165, 1.54) is 24.5 Å². The average Bonchev–Trinajstić information content (AvgIpc) is 3.48. The quantitative estimate of drug-likeness (QED) is 0.101. The lowest BCUT2D eigenvalue weighted by molar-refractivity contribution is -0.185. The van der Waals surface area contributed by atoms with E-state index < -0.39 is 43.9 Å². The fourth-order valence-corrected chi connectivity index (χ4v) is 13.2. The van der Waals surface area contributed by atoms with Gasteiger partial charge < -0.3 is 10.6 Å². The molecule has 428 valence electrons. The molecule has 2 saturated carbocycles. The topological polar surface area (TPSA) is 185 Å². The highest BCUT2D eigenvalue weighted by atomic mass is 32.2. The van der Waals surface area contributed by atoms with Crippen LogP contribution in [-0.2, 0) is 45.6 Å². The molecular formula is C56H74F6N8O6S2. The smallest absolute Gasteiger partial charge is 0.346 e. The Bertz CT molecular complexity index is 2710. The third-order valence-electron chi connectivity index (χ3n) is 16.0. The van der Waals surface area contributed by atoms with E-state index in [0.717, 1.165) is 61.5 Å². The van der Waals surface area contributed by atoms with Crippen LogP contribution in [0.3, 0.4) is 0 Å². The van der Waals surface area contributed by atoms with Gasteiger partial charge in [-0.05, 0) is 135 Å². The van der Waals surface area contributed by atoms with Crippen LogP contribution in [0.4, 0.5) is 26.3 Å². The van der Waals surface area contributed by atoms with Crippen molar-refractivity contribution in [3.63, 3.8) is 0 Å². The van der Waals surface area contributed by atoms with Gasteiger partial charge in [0, 0.05) is 51.0 Å². The van der Waals surface area contributed by atoms with Gasteiger partial charge in [-0.25, -0.2) is 16.8 Å². The van der Waals surface area contributed by atoms with Crippen molar-refractivity contribution in [3.05, 3.63) is 106 Å². The molecule has 4 aromatic heterocycles. The maximum Gasteiger partial charge on any atom is 0.391 e. The van der Waals surface area contributed by atoms with Gasteiger partial charge >= 0.3 is 12.4 Å². The summed E-state index contributed by atoms with van der Waals surface area (Å²) in [4.78, 5) is 48.5. The molecule has 8 rings (SSSR count). The molecule has 2 aliphatic heterocycles. The summed E-state index contributed by atoms with van der Waals surface area (Å²) in [7, 11) is -6.66. The number of aromatic nitrogens is 4. The first-order chi connectivity index (χ1) is 36.8. The molecule has 0 spiro atoms. The van der Waals surface area contributed by atoms with Crippen LogP contribution in [0.1, 0.15) is 160 Å². The number of carbonyl (C=O) groups excluding carboxylic acids is 2. The molecular weight excluding hydrogens is 1060 g/mol. The Morgan fingerprint density at radius 1 is 0.564 bits per heavy atom. The van der Waals surface area contributed by atoms with Crippen LogP contribution < -0.4 is 10.6 Å². The lowest BCUT2D eigenvalue weighted by Gasteiger charge is -2.42. The van der Waals surface area contributed by atoms with Crippen molar-refractivity contribution in [2.45, 2.75) is 153 Å². The summed E-state index contributed by atoms with van der Waals surface area (Å²) < 4.78 is 126. The van der Waals surface area contributed by atoms with Gasteiger partial charge in [-0.2, -0.15) is 26.3 Å². The van der Waals surface area contributed by atoms with Gasteiger partial charge in [-0.15, -0.1) is 0 Å². The van der Waals surface area contributed by atoms with Crippen LogP contribution in [0.5, 0.6) is 0 Å². The molecule has 14 nitrogen and oxygen atoms in total. The number of fused-ring (bicyclic) bond motifs is 2. The number of nitrogens with one attached hydrogen (secondary N) is 2. The minimum absolute atomic E-state index is 0.00548. The molecule has 0 radical (unpaired) electrons. The number of carbonyl (C=O) groups is 2. The molecule has 2 amide bonds. The highest BCUT2D eigenvalue weighted by Gasteiger charge is 2.44. The molecule has 4 aromatic rings. The molecule has 0 unspecified atom stereocenters. The fraction of sp³-hybridized carbons (Fsp3) is 0.607. The monoisotopic (exact) mass is 1130 g/mol. The van der Waals surface area contributed by atoms with Crippen molar-refractivity contribution in [1.82, 2.24) is 40.4 Å². The van der Waals surface area contributed by atoms with Gasteiger partial charge in [0.25, 0.3) is 11.8 Å². The van der Waals surface area contributed by atoms with Gasteiger partial charge in [-0.1, -0.05) is 41.5 Å². The predicted octanol–water partition coefficient (Wildman–Crippen LogP) is 10.2. The Hall–Kier alpha value is -5.06. The maximum absolute atomic E-state index is 13.1. The summed E-state index contributed by atoms with van der Waals surface area (Å²) in [6.45, 7) is 15.0. The zero-order valence-corrected chi connectivity index (χ0v) is 47.0. The number of nitrogens with zero attached hydrogens (tertiary/aromatic N) is 6. The van der Waals surface area contributed by atoms with E-state index in [9.17, 15) is 52.8 Å². The van der Waals surface area contributed by atoms with Crippen LogP contribution in [0, 0.1) is 35.5 Å². The Labute approximate surface area is 455 Å². The van der Waals surface area contributed by atoms with Crippen LogP contribution >= 0.6 is 0 Å². The second-order valence-corrected chi connectivity index (χ2v) is 26.6. The molecule has 0 aromatic carbocycles. The Balaban J connectivity index is 0.000000226. The summed E-state index contributed by atoms with van der Waals surface area (Å²) in [6.07, 6.45) is 2.22. The number of alkyl halides is 6. The molecule has 4 aliphatic rings. The van der Waals surface area contributed by atoms with E-state index >= 15 is 0 Å². The van der Waals surface area contributed by atoms with Crippen LogP contribution in [0.2, 0.25) is 0 Å². The summed E-state index contributed by atoms with van der Waals surface area (Å²) in [5.41, 5.74) is 5.89. The molecule has 6 heterocycles. The molecule has 0 saturated heterocycles. The largest absolute Gasteiger partial charge is 0.391 e. The lowest BCUT2D eigenvalue weighted by Crippen LogP contribution is -2.42. The second-order valence-electron chi connectivity index (χ2n) is 22.1. The summed E-state index contributed by atoms with van der Waals surface area (Å²) in [6, 6.07) is 10.0. The Kier molecular flexibility index (Phi) is 19.9. The summed E-state index contributed by atoms with van der Waals surface area (Å²) in [5.74, 6) is -1.91. The average molecular weight is 1130 g/mol. The van der Waals surface area contributed by atoms with Crippen LogP contribution in [-0.4, -0.2) is 108 Å². The molecule has 78 heavy (non-hydrogen) atoms. The van der Waals surface area contributed by atoms with E-state index in [4.69, 9.17) is 9.97 Å². The zero-order valence-electron chi connectivity index (χ0n) is 45.3. The SMILES string of the molecule is CCS(=O)(=O)c1ccc(CNC(=O)c2cnc3c(c2)CCN(CC2CCC(C(F)(F)F)CC2)[C@@H]3C(C)C)nc1.CCS(=O)(=O)c1ccc(CNC(=O)c2cnc3c(c2)CCN(CC2CCC(C(F)(F)F)CC2)[C@H]3C(C)C)nc1. The van der Waals surface area contributed by atoms with E-state index in [1.54, 1.807) is 38.4 Å². The number of amides is 2. The third-order valence-corrected chi connectivity index (χ3v) is 19.5. The number of pyridine rings is 4. The molecule has 2 fully saturated rings. The normalized spacial score (nSPS) is 22.5. The van der Waals surface area contributed by atoms with Crippen molar-refractivity contribution < 1.29 is 52.8 Å². The first-order valence-electron chi connectivity index (χ1n) is 27.3. The predicted molar refractivity (Wildman–Crippen MR) is 283 cm³/mol. The molecule has 2 aliphatic carbocycles. The number of rotatable bonds is 16. The van der Waals surface area contributed by atoms with Crippen molar-refractivity contribution >= 4 is 31.5 Å². The number of hydrogen-bond acceptors (Lipinski definition) is 12. The first-order valence-corrected chi connectivity index (χ1v) is 30.6. The number of halogens is 6. The highest BCUT2D eigenvalue weighted by molar-refractivity contribution is 7.91. The highest BCUT2D eigenvalue weighted by Crippen LogP contribution is 2.44. The standard InChI is InChI=1S/2C28H37F3N4O3S/c2*1-4-39(37,38)24-10-9-23(32-16-24)15-34-27(36)21-13-20-11-12-35(26(18(2)3)25(20)33-14-21)17-19-5-7-22(8-6-19)28(29,30)31/h2*9-10,13-14,16,18-19,22,26H,4-8,11-12,15,17H2,1-3H3,(H,34,36)/t2*19?,22?,26-/m10/s1. The minimum Gasteiger partial charge on any atom is -0.346 e. The van der Waals surface area contributed by atoms with Crippen LogP contribution in [0.25, 0.3) is 0 Å². The van der Waals surface area contributed by atoms with Crippen molar-refractivity contribution in [2.75, 3.05) is 37.7 Å². The van der Waals surface area contributed by atoms with Gasteiger partial charge in [0.15, 0.2) is 19.7 Å². The van der Waals surface area contributed by atoms with E-state index in [1.807, 2.05) is 12.1 Å². The zero-order chi connectivity index (χ0) is 56.7. The van der Waals surface area contributed by atoms with Gasteiger partial charge in [0.05, 0.1) is 92.2 Å². The van der Waals surface area contributed by atoms with E-state index in [0.29, 0.717) is 48.2 Å². The minimum atomic E-state index is -4.09. The number of hydrogen-bond donors (Lipinski definition) is 2. The van der Waals surface area contributed by atoms with Gasteiger partial charge in [-0.3, -0.25) is 39.3 Å². The van der Waals surface area contributed by atoms with E-state index in [-0.39, 0.29) is 108 Å². The van der Waals surface area contributed by atoms with Gasteiger partial charge in [0.1, 0.15) is 0 Å². The Morgan fingerprint density at radius 3 is 1.22 bits per heavy atom. The lowest BCUT2D eigenvalue weighted by atomic mass is 9.80. The first kappa shape index (κ1) is 60.6. The van der Waals surface area contributed by atoms with E-state index in [2.05, 4.69) is 58.1 Å². The molecule has 22 heteroatoms. The van der Waals surface area contributed by atoms with Crippen molar-refractivity contribution in [1.29, 1.82) is 0 Å². The molecule has 2 N–H and O–H groups in total. The Morgan fingerprint density at radius 2 is 0.923 bits per heavy atom. The van der Waals surface area contributed by atoms with Crippen LogP contribution in [0.15, 0.2) is 71.0 Å². The second kappa shape index (κ2) is 25.6. The maximum atomic E-state index is 13.1. The third kappa shape index (κ3) is 15.2. The summed E-state index contributed by atoms with van der Waals surface area (Å²) >= 11 is 0. The molecule has 0 bridgehead atoms.